The first kappa shape index (κ1) is 27.4. The molecule has 0 aliphatic heterocycles. The predicted molar refractivity (Wildman–Crippen MR) is 110 cm³/mol. The van der Waals surface area contributed by atoms with Gasteiger partial charge in [0.15, 0.2) is 0 Å². The van der Waals surface area contributed by atoms with Gasteiger partial charge in [-0.1, -0.05) is 26.7 Å². The average molecular weight is 426 g/mol. The van der Waals surface area contributed by atoms with Crippen molar-refractivity contribution in [2.24, 2.45) is 10.9 Å². The van der Waals surface area contributed by atoms with Crippen molar-refractivity contribution in [2.45, 2.75) is 71.6 Å². The summed E-state index contributed by atoms with van der Waals surface area (Å²) in [6.45, 7) is 5.36. The van der Waals surface area contributed by atoms with Crippen LogP contribution in [0.5, 0.6) is 0 Å². The van der Waals surface area contributed by atoms with Crippen LogP contribution in [0.1, 0.15) is 71.6 Å². The van der Waals surface area contributed by atoms with Crippen molar-refractivity contribution in [2.75, 3.05) is 32.9 Å². The molecule has 0 aromatic carbocycles. The van der Waals surface area contributed by atoms with E-state index in [4.69, 9.17) is 14.7 Å². The van der Waals surface area contributed by atoms with Crippen molar-refractivity contribution in [3.05, 3.63) is 0 Å². The highest BCUT2D eigenvalue weighted by molar-refractivity contribution is 5.87. The second-order valence-corrected chi connectivity index (χ2v) is 6.96. The van der Waals surface area contributed by atoms with Gasteiger partial charge in [-0.15, -0.1) is 0 Å². The molecule has 0 rings (SSSR count). The van der Waals surface area contributed by atoms with Gasteiger partial charge in [0, 0.05) is 6.54 Å². The van der Waals surface area contributed by atoms with Gasteiger partial charge < -0.3 is 14.2 Å². The van der Waals surface area contributed by atoms with E-state index in [1.54, 1.807) is 12.3 Å². The number of imide groups is 1. The molecule has 9 nitrogen and oxygen atoms in total. The maximum Gasteiger partial charge on any atom is 0.419 e. The molecule has 0 fully saturated rings. The minimum Gasteiger partial charge on any atom is -0.449 e. The van der Waals surface area contributed by atoms with Crippen LogP contribution >= 0.6 is 0 Å². The fourth-order valence-electron chi connectivity index (χ4n) is 2.70. The Bertz CT molecular complexity index is 535. The Morgan fingerprint density at radius 1 is 0.933 bits per heavy atom. The van der Waals surface area contributed by atoms with Gasteiger partial charge in [0.25, 0.3) is 6.26 Å². The van der Waals surface area contributed by atoms with Gasteiger partial charge in [0.1, 0.15) is 6.61 Å². The Hall–Kier alpha value is -2.59. The number of ether oxygens (including phenoxy) is 3. The van der Waals surface area contributed by atoms with Gasteiger partial charge in [0.05, 0.1) is 19.8 Å². The van der Waals surface area contributed by atoms with Crippen LogP contribution in [0.2, 0.25) is 0 Å². The third-order valence-electron chi connectivity index (χ3n) is 4.47. The number of isocyanates is 1. The lowest BCUT2D eigenvalue weighted by Gasteiger charge is -2.21. The highest BCUT2D eigenvalue weighted by Crippen LogP contribution is 2.17. The molecule has 0 aromatic rings. The third kappa shape index (κ3) is 14.4. The minimum absolute atomic E-state index is 0.114. The monoisotopic (exact) mass is 425 g/mol. The zero-order chi connectivity index (χ0) is 22.5. The zero-order valence-electron chi connectivity index (χ0n) is 18.3. The fourth-order valence-corrected chi connectivity index (χ4v) is 2.70. The fraction of sp³-hybridized carbons (Fsp3) is 0.810. The second kappa shape index (κ2) is 19.7. The lowest BCUT2D eigenvalue weighted by molar-refractivity contribution is 0.0743. The topological polar surface area (TPSA) is 118 Å². The summed E-state index contributed by atoms with van der Waals surface area (Å²) in [4.78, 5) is 39.7. The van der Waals surface area contributed by atoms with E-state index in [2.05, 4.69) is 9.73 Å². The summed E-state index contributed by atoms with van der Waals surface area (Å²) >= 11 is 0. The lowest BCUT2D eigenvalue weighted by atomic mass is 9.96. The average Bonchev–Trinajstić information content (AvgIpc) is 2.74. The molecule has 0 aliphatic carbocycles. The molecule has 0 heterocycles. The molecule has 0 bridgehead atoms. The largest absolute Gasteiger partial charge is 0.449 e. The molecule has 9 heteroatoms. The molecule has 0 aromatic heterocycles. The van der Waals surface area contributed by atoms with Crippen LogP contribution in [-0.2, 0) is 19.0 Å². The number of amides is 2. The van der Waals surface area contributed by atoms with Crippen LogP contribution < -0.4 is 0 Å². The molecule has 0 spiro atoms. The van der Waals surface area contributed by atoms with E-state index in [9.17, 15) is 14.4 Å². The molecule has 2 amide bonds. The summed E-state index contributed by atoms with van der Waals surface area (Å²) in [7, 11) is 0. The highest BCUT2D eigenvalue weighted by atomic mass is 16.6. The van der Waals surface area contributed by atoms with Gasteiger partial charge in [0.2, 0.25) is 6.08 Å². The van der Waals surface area contributed by atoms with E-state index in [0.29, 0.717) is 26.0 Å². The van der Waals surface area contributed by atoms with Crippen LogP contribution in [-0.4, -0.2) is 56.1 Å². The van der Waals surface area contributed by atoms with Crippen molar-refractivity contribution in [1.82, 2.24) is 4.90 Å². The number of carbonyl (C=O) groups is 2. The Kier molecular flexibility index (Phi) is 18.0. The minimum atomic E-state index is -0.693. The molecule has 0 saturated heterocycles. The molecule has 0 saturated carbocycles. The first-order valence-corrected chi connectivity index (χ1v) is 10.8. The van der Waals surface area contributed by atoms with Crippen LogP contribution in [0.25, 0.3) is 0 Å². The van der Waals surface area contributed by atoms with Gasteiger partial charge in [-0.3, -0.25) is 0 Å². The van der Waals surface area contributed by atoms with E-state index in [-0.39, 0.29) is 25.7 Å². The molecule has 1 unspecified atom stereocenters. The summed E-state index contributed by atoms with van der Waals surface area (Å²) in [6.07, 6.45) is 8.57. The Balaban J connectivity index is 4.67. The molecular formula is C21H35N3O6. The number of nitrogens with zero attached hydrogens (tertiary/aromatic N) is 3. The normalized spacial score (nSPS) is 11.0. The van der Waals surface area contributed by atoms with E-state index < -0.39 is 12.2 Å². The first-order valence-electron chi connectivity index (χ1n) is 10.8. The molecule has 1 atom stereocenters. The number of unbranched alkanes of at least 4 members (excludes halogenated alkanes) is 3. The smallest absolute Gasteiger partial charge is 0.419 e. The van der Waals surface area contributed by atoms with Gasteiger partial charge >= 0.3 is 12.2 Å². The Morgan fingerprint density at radius 3 is 2.07 bits per heavy atom. The summed E-state index contributed by atoms with van der Waals surface area (Å²) in [5, 5.41) is 8.37. The molecule has 0 N–H and O–H groups in total. The van der Waals surface area contributed by atoms with Gasteiger partial charge in [-0.2, -0.15) is 5.26 Å². The molecule has 0 aliphatic rings. The van der Waals surface area contributed by atoms with Crippen LogP contribution in [0, 0.1) is 17.4 Å². The SMILES string of the molecule is CCCCOC(=O)N(CCCC(CCCCOC#N)CN=C=O)C(=O)OCCCC. The number of rotatable bonds is 17. The lowest BCUT2D eigenvalue weighted by Crippen LogP contribution is -2.39. The second-order valence-electron chi connectivity index (χ2n) is 6.96. The van der Waals surface area contributed by atoms with E-state index in [0.717, 1.165) is 49.8 Å². The Morgan fingerprint density at radius 2 is 1.53 bits per heavy atom. The van der Waals surface area contributed by atoms with E-state index in [1.165, 1.54) is 0 Å². The maximum atomic E-state index is 12.3. The summed E-state index contributed by atoms with van der Waals surface area (Å²) in [5.41, 5.74) is 0. The van der Waals surface area contributed by atoms with Crippen LogP contribution in [0.3, 0.4) is 0 Å². The quantitative estimate of drug-likeness (QED) is 0.145. The number of aliphatic imine (C=N–C) groups is 1. The summed E-state index contributed by atoms with van der Waals surface area (Å²) < 4.78 is 15.0. The Labute approximate surface area is 179 Å². The van der Waals surface area contributed by atoms with Gasteiger partial charge in [-0.25, -0.2) is 24.3 Å². The molecular weight excluding hydrogens is 390 g/mol. The standard InChI is InChI=1S/C21H35N3O6/c1-3-5-14-29-20(26)24(21(27)30-15-6-4-2)12-9-11-19(16-23-18-25)10-7-8-13-28-17-22/h19H,3-16H2,1-2H3. The van der Waals surface area contributed by atoms with Crippen molar-refractivity contribution >= 4 is 18.3 Å². The van der Waals surface area contributed by atoms with Crippen LogP contribution in [0.15, 0.2) is 4.99 Å². The van der Waals surface area contributed by atoms with E-state index >= 15 is 0 Å². The van der Waals surface area contributed by atoms with Crippen LogP contribution in [0.4, 0.5) is 9.59 Å². The summed E-state index contributed by atoms with van der Waals surface area (Å²) in [6, 6.07) is 0. The van der Waals surface area contributed by atoms with Crippen molar-refractivity contribution in [3.8, 4) is 6.26 Å². The predicted octanol–water partition coefficient (Wildman–Crippen LogP) is 4.56. The van der Waals surface area contributed by atoms with Gasteiger partial charge in [-0.05, 0) is 50.9 Å². The number of carbonyl (C=O) groups excluding carboxylic acids is 3. The third-order valence-corrected chi connectivity index (χ3v) is 4.47. The number of hydrogen-bond acceptors (Lipinski definition) is 8. The maximum absolute atomic E-state index is 12.3. The van der Waals surface area contributed by atoms with Crippen molar-refractivity contribution in [1.29, 1.82) is 5.26 Å². The molecule has 170 valence electrons. The molecule has 30 heavy (non-hydrogen) atoms. The van der Waals surface area contributed by atoms with Crippen molar-refractivity contribution in [3.63, 3.8) is 0 Å². The van der Waals surface area contributed by atoms with Crippen molar-refractivity contribution < 1.29 is 28.6 Å². The zero-order valence-corrected chi connectivity index (χ0v) is 18.3. The molecule has 0 radical (unpaired) electrons. The number of nitriles is 1. The summed E-state index contributed by atoms with van der Waals surface area (Å²) in [5.74, 6) is 0.114. The number of hydrogen-bond donors (Lipinski definition) is 0. The first-order chi connectivity index (χ1) is 14.6. The highest BCUT2D eigenvalue weighted by Gasteiger charge is 2.24. The van der Waals surface area contributed by atoms with E-state index in [1.807, 2.05) is 13.8 Å².